The van der Waals surface area contributed by atoms with Gasteiger partial charge in [0.05, 0.1) is 24.5 Å². The maximum absolute atomic E-state index is 12.4. The highest BCUT2D eigenvalue weighted by Crippen LogP contribution is 2.48. The molecule has 1 fully saturated rings. The van der Waals surface area contributed by atoms with E-state index in [1.807, 2.05) is 18.9 Å². The van der Waals surface area contributed by atoms with Gasteiger partial charge in [-0.05, 0) is 51.1 Å². The minimum atomic E-state index is 0.265. The van der Waals surface area contributed by atoms with Crippen LogP contribution in [0.2, 0.25) is 0 Å². The van der Waals surface area contributed by atoms with E-state index in [0.29, 0.717) is 17.8 Å². The Balaban J connectivity index is 1.87. The van der Waals surface area contributed by atoms with Crippen molar-refractivity contribution < 1.29 is 4.79 Å². The SMILES string of the molecule is CCC(=O)N1CCn2nc(CN(C)CCNC)c(C3CCC(CC)(CC)CC3)c2C1. The molecular formula is C24H43N5O. The van der Waals surface area contributed by atoms with Gasteiger partial charge in [0.2, 0.25) is 5.91 Å². The monoisotopic (exact) mass is 417 g/mol. The fourth-order valence-electron chi connectivity index (χ4n) is 5.53. The summed E-state index contributed by atoms with van der Waals surface area (Å²) in [5.74, 6) is 0.852. The molecule has 1 aliphatic heterocycles. The van der Waals surface area contributed by atoms with Crippen LogP contribution in [0.25, 0.3) is 0 Å². The predicted octanol–water partition coefficient (Wildman–Crippen LogP) is 3.75. The molecule has 2 heterocycles. The van der Waals surface area contributed by atoms with E-state index >= 15 is 0 Å². The molecule has 30 heavy (non-hydrogen) atoms. The Labute approximate surface area is 183 Å². The summed E-state index contributed by atoms with van der Waals surface area (Å²) in [6.45, 7) is 11.9. The molecule has 6 heteroatoms. The second kappa shape index (κ2) is 10.3. The third kappa shape index (κ3) is 4.91. The van der Waals surface area contributed by atoms with E-state index in [-0.39, 0.29) is 5.91 Å². The van der Waals surface area contributed by atoms with Crippen LogP contribution in [-0.2, 0) is 24.4 Å². The van der Waals surface area contributed by atoms with Gasteiger partial charge in [0.15, 0.2) is 0 Å². The first-order valence-electron chi connectivity index (χ1n) is 12.2. The standard InChI is InChI=1S/C24H43N5O/c1-6-22(30)28-15-16-29-21(18-28)23(20(26-29)17-27(5)14-13-25-4)19-9-11-24(7-2,8-3)12-10-19/h19,25H,6-18H2,1-5H3. The van der Waals surface area contributed by atoms with Gasteiger partial charge in [-0.2, -0.15) is 5.10 Å². The lowest BCUT2D eigenvalue weighted by atomic mass is 9.66. The number of hydrogen-bond acceptors (Lipinski definition) is 4. The second-order valence-electron chi connectivity index (χ2n) is 9.52. The summed E-state index contributed by atoms with van der Waals surface area (Å²) in [5, 5.41) is 8.33. The number of nitrogens with one attached hydrogen (secondary N) is 1. The highest BCUT2D eigenvalue weighted by Gasteiger charge is 2.37. The van der Waals surface area contributed by atoms with E-state index in [0.717, 1.165) is 39.3 Å². The number of hydrogen-bond donors (Lipinski definition) is 1. The molecule has 0 bridgehead atoms. The zero-order chi connectivity index (χ0) is 21.7. The van der Waals surface area contributed by atoms with Crippen molar-refractivity contribution in [3.8, 4) is 0 Å². The maximum Gasteiger partial charge on any atom is 0.222 e. The molecule has 1 aromatic heterocycles. The summed E-state index contributed by atoms with van der Waals surface area (Å²) in [6.07, 6.45) is 8.33. The first-order valence-corrected chi connectivity index (χ1v) is 12.2. The summed E-state index contributed by atoms with van der Waals surface area (Å²) in [6, 6.07) is 0. The Hall–Kier alpha value is -1.40. The minimum absolute atomic E-state index is 0.265. The molecule has 0 unspecified atom stereocenters. The molecule has 3 rings (SSSR count). The number of likely N-dealkylation sites (N-methyl/N-ethyl adjacent to an activating group) is 2. The molecule has 1 amide bonds. The van der Waals surface area contributed by atoms with Crippen molar-refractivity contribution in [2.45, 2.75) is 91.3 Å². The molecule has 0 spiro atoms. The molecule has 0 saturated heterocycles. The number of amides is 1. The molecule has 170 valence electrons. The van der Waals surface area contributed by atoms with Crippen molar-refractivity contribution in [2.24, 2.45) is 5.41 Å². The highest BCUT2D eigenvalue weighted by atomic mass is 16.2. The Morgan fingerprint density at radius 2 is 1.90 bits per heavy atom. The van der Waals surface area contributed by atoms with Crippen molar-refractivity contribution in [3.63, 3.8) is 0 Å². The molecule has 1 N–H and O–H groups in total. The topological polar surface area (TPSA) is 53.4 Å². The maximum atomic E-state index is 12.4. The lowest BCUT2D eigenvalue weighted by Gasteiger charge is -2.40. The molecule has 6 nitrogen and oxygen atoms in total. The van der Waals surface area contributed by atoms with Gasteiger partial charge in [0, 0.05) is 38.2 Å². The fourth-order valence-corrected chi connectivity index (χ4v) is 5.53. The molecular weight excluding hydrogens is 374 g/mol. The molecule has 0 aromatic carbocycles. The van der Waals surface area contributed by atoms with E-state index in [1.54, 1.807) is 0 Å². The third-order valence-electron chi connectivity index (χ3n) is 7.87. The predicted molar refractivity (Wildman–Crippen MR) is 122 cm³/mol. The zero-order valence-electron chi connectivity index (χ0n) is 20.0. The van der Waals surface area contributed by atoms with Crippen LogP contribution in [0, 0.1) is 5.41 Å². The summed E-state index contributed by atoms with van der Waals surface area (Å²) in [4.78, 5) is 16.8. The Bertz CT molecular complexity index is 699. The largest absolute Gasteiger partial charge is 0.335 e. The van der Waals surface area contributed by atoms with Crippen LogP contribution in [-0.4, -0.2) is 59.2 Å². The van der Waals surface area contributed by atoms with Gasteiger partial charge in [-0.15, -0.1) is 0 Å². The summed E-state index contributed by atoms with van der Waals surface area (Å²) >= 11 is 0. The Kier molecular flexibility index (Phi) is 7.97. The molecule has 0 radical (unpaired) electrons. The van der Waals surface area contributed by atoms with Gasteiger partial charge in [-0.3, -0.25) is 14.4 Å². The zero-order valence-corrected chi connectivity index (χ0v) is 20.0. The van der Waals surface area contributed by atoms with E-state index in [9.17, 15) is 4.79 Å². The number of aromatic nitrogens is 2. The number of carbonyl (C=O) groups is 1. The number of nitrogens with zero attached hydrogens (tertiary/aromatic N) is 4. The Morgan fingerprint density at radius 3 is 2.50 bits per heavy atom. The average molecular weight is 418 g/mol. The van der Waals surface area contributed by atoms with Crippen LogP contribution in [0.3, 0.4) is 0 Å². The smallest absolute Gasteiger partial charge is 0.222 e. The summed E-state index contributed by atoms with van der Waals surface area (Å²) in [5.41, 5.74) is 4.57. The first kappa shape index (κ1) is 23.3. The van der Waals surface area contributed by atoms with Gasteiger partial charge < -0.3 is 10.2 Å². The van der Waals surface area contributed by atoms with Gasteiger partial charge in [0.25, 0.3) is 0 Å². The molecule has 2 aliphatic rings. The van der Waals surface area contributed by atoms with Crippen molar-refractivity contribution in [2.75, 3.05) is 33.7 Å². The first-order chi connectivity index (χ1) is 14.5. The molecule has 1 aliphatic carbocycles. The second-order valence-corrected chi connectivity index (χ2v) is 9.52. The van der Waals surface area contributed by atoms with E-state index < -0.39 is 0 Å². The van der Waals surface area contributed by atoms with Gasteiger partial charge in [-0.25, -0.2) is 0 Å². The van der Waals surface area contributed by atoms with Gasteiger partial charge in [0.1, 0.15) is 0 Å². The quantitative estimate of drug-likeness (QED) is 0.665. The van der Waals surface area contributed by atoms with Crippen LogP contribution in [0.1, 0.15) is 88.6 Å². The highest BCUT2D eigenvalue weighted by molar-refractivity contribution is 5.75. The van der Waals surface area contributed by atoms with Crippen molar-refractivity contribution in [3.05, 3.63) is 17.0 Å². The van der Waals surface area contributed by atoms with Crippen LogP contribution >= 0.6 is 0 Å². The molecule has 1 saturated carbocycles. The van der Waals surface area contributed by atoms with Crippen LogP contribution < -0.4 is 5.32 Å². The summed E-state index contributed by atoms with van der Waals surface area (Å²) in [7, 11) is 4.19. The van der Waals surface area contributed by atoms with Crippen LogP contribution in [0.4, 0.5) is 0 Å². The lowest BCUT2D eigenvalue weighted by molar-refractivity contribution is -0.132. The normalized spacial score (nSPS) is 19.3. The van der Waals surface area contributed by atoms with Crippen molar-refractivity contribution >= 4 is 5.91 Å². The molecule has 0 atom stereocenters. The van der Waals surface area contributed by atoms with E-state index in [2.05, 4.69) is 35.8 Å². The van der Waals surface area contributed by atoms with Crippen LogP contribution in [0.5, 0.6) is 0 Å². The average Bonchev–Trinajstić information content (AvgIpc) is 3.13. The number of rotatable bonds is 9. The third-order valence-corrected chi connectivity index (χ3v) is 7.87. The van der Waals surface area contributed by atoms with Gasteiger partial charge >= 0.3 is 0 Å². The molecule has 1 aromatic rings. The number of carbonyl (C=O) groups excluding carboxylic acids is 1. The summed E-state index contributed by atoms with van der Waals surface area (Å²) < 4.78 is 2.22. The van der Waals surface area contributed by atoms with Crippen molar-refractivity contribution in [1.29, 1.82) is 0 Å². The van der Waals surface area contributed by atoms with Crippen LogP contribution in [0.15, 0.2) is 0 Å². The van der Waals surface area contributed by atoms with E-state index in [1.165, 1.54) is 55.5 Å². The lowest BCUT2D eigenvalue weighted by Crippen LogP contribution is -2.38. The van der Waals surface area contributed by atoms with E-state index in [4.69, 9.17) is 5.10 Å². The number of fused-ring (bicyclic) bond motifs is 1. The van der Waals surface area contributed by atoms with Gasteiger partial charge in [-0.1, -0.05) is 33.6 Å². The Morgan fingerprint density at radius 1 is 1.20 bits per heavy atom. The van der Waals surface area contributed by atoms with Crippen molar-refractivity contribution in [1.82, 2.24) is 24.9 Å². The minimum Gasteiger partial charge on any atom is -0.335 e. The fraction of sp³-hybridized carbons (Fsp3) is 0.833.